The molecule has 0 aromatic carbocycles. The van der Waals surface area contributed by atoms with Gasteiger partial charge >= 0.3 is 24.6 Å². The summed E-state index contributed by atoms with van der Waals surface area (Å²) >= 11 is 0. The van der Waals surface area contributed by atoms with Gasteiger partial charge in [-0.2, -0.15) is 0 Å². The number of carboxylic acid groups (broad SMARTS) is 2. The predicted molar refractivity (Wildman–Crippen MR) is 121 cm³/mol. The number of nitrogens with zero attached hydrogens (tertiary/aromatic N) is 2. The molecule has 0 aliphatic carbocycles. The molecule has 2 heterocycles. The average molecular weight is 512 g/mol. The molecule has 14 heteroatoms. The average Bonchev–Trinajstić information content (AvgIpc) is 2.76. The predicted octanol–water partition coefficient (Wildman–Crippen LogP) is 4.39. The molecule has 0 bridgehead atoms. The maximum absolute atomic E-state index is 11.9. The molecule has 14 nitrogen and oxygen atoms in total. The second-order valence-electron chi connectivity index (χ2n) is 7.78. The van der Waals surface area contributed by atoms with E-state index in [9.17, 15) is 19.2 Å². The first-order valence-electron chi connectivity index (χ1n) is 10.9. The molecule has 2 rings (SSSR count). The summed E-state index contributed by atoms with van der Waals surface area (Å²) in [5.74, 6) is 0.169. The number of hydrogen-bond donors (Lipinski definition) is 2. The van der Waals surface area contributed by atoms with E-state index >= 15 is 0 Å². The van der Waals surface area contributed by atoms with Gasteiger partial charge in [0.2, 0.25) is 0 Å². The molecule has 0 aromatic heterocycles. The number of rotatable bonds is 9. The maximum Gasteiger partial charge on any atom is 0.511 e. The van der Waals surface area contributed by atoms with E-state index in [2.05, 4.69) is 19.5 Å². The molecule has 0 saturated heterocycles. The van der Waals surface area contributed by atoms with Crippen LogP contribution in [0.5, 0.6) is 0 Å². The highest BCUT2D eigenvalue weighted by Crippen LogP contribution is 2.24. The third-order valence-corrected chi connectivity index (χ3v) is 5.05. The van der Waals surface area contributed by atoms with E-state index in [0.717, 1.165) is 0 Å². The summed E-state index contributed by atoms with van der Waals surface area (Å²) in [6.45, 7) is 6.41. The van der Waals surface area contributed by atoms with Crippen molar-refractivity contribution in [3.8, 4) is 0 Å². The van der Waals surface area contributed by atoms with Crippen LogP contribution in [0.3, 0.4) is 0 Å². The Morgan fingerprint density at radius 2 is 1.08 bits per heavy atom. The van der Waals surface area contributed by atoms with E-state index in [-0.39, 0.29) is 37.6 Å². The molecule has 198 valence electrons. The Balaban J connectivity index is 1.64. The number of unbranched alkanes of at least 4 members (excludes halogenated alkanes) is 1. The summed E-state index contributed by atoms with van der Waals surface area (Å²) in [5.41, 5.74) is 1.71. The lowest BCUT2D eigenvalue weighted by molar-refractivity contribution is 0.0272. The Morgan fingerprint density at radius 3 is 1.42 bits per heavy atom. The molecule has 2 aliphatic rings. The summed E-state index contributed by atoms with van der Waals surface area (Å²) in [6, 6.07) is 0. The SMILES string of the molecule is CC1=NC(C)=C(OC(=O)O)CC1OC(=O)OCCCCOC(=O)OC1CC(OC(=O)O)=C(C)N=C1C. The number of carbonyl (C=O) groups is 4. The fourth-order valence-electron chi connectivity index (χ4n) is 3.24. The molecule has 2 atom stereocenters. The second-order valence-corrected chi connectivity index (χ2v) is 7.78. The van der Waals surface area contributed by atoms with Crippen LogP contribution in [0, 0.1) is 0 Å². The Hall–Kier alpha value is -4.10. The van der Waals surface area contributed by atoms with E-state index < -0.39 is 36.8 Å². The van der Waals surface area contributed by atoms with E-state index in [0.29, 0.717) is 35.7 Å². The Kier molecular flexibility index (Phi) is 10.2. The summed E-state index contributed by atoms with van der Waals surface area (Å²) < 4.78 is 29.6. The lowest BCUT2D eigenvalue weighted by atomic mass is 10.1. The highest BCUT2D eigenvalue weighted by molar-refractivity contribution is 5.90. The normalized spacial score (nSPS) is 19.6. The van der Waals surface area contributed by atoms with Crippen LogP contribution in [0.25, 0.3) is 0 Å². The van der Waals surface area contributed by atoms with Crippen LogP contribution in [0.4, 0.5) is 19.2 Å². The first-order chi connectivity index (χ1) is 17.0. The van der Waals surface area contributed by atoms with E-state index in [1.807, 2.05) is 0 Å². The van der Waals surface area contributed by atoms with Crippen LogP contribution >= 0.6 is 0 Å². The Bertz CT molecular complexity index is 930. The van der Waals surface area contributed by atoms with Crippen LogP contribution < -0.4 is 0 Å². The summed E-state index contributed by atoms with van der Waals surface area (Å²) in [6.07, 6.45) is -5.79. The number of ether oxygens (including phenoxy) is 6. The lowest BCUT2D eigenvalue weighted by Gasteiger charge is -2.23. The molecule has 0 spiro atoms. The lowest BCUT2D eigenvalue weighted by Crippen LogP contribution is -2.30. The molecule has 0 saturated carbocycles. The quantitative estimate of drug-likeness (QED) is 0.252. The van der Waals surface area contributed by atoms with Crippen molar-refractivity contribution < 1.29 is 57.8 Å². The van der Waals surface area contributed by atoms with Crippen LogP contribution in [0.2, 0.25) is 0 Å². The fourth-order valence-corrected chi connectivity index (χ4v) is 3.24. The zero-order valence-corrected chi connectivity index (χ0v) is 20.3. The van der Waals surface area contributed by atoms with Crippen molar-refractivity contribution in [2.45, 2.75) is 65.6 Å². The number of aliphatic imine (C=N–C) groups is 2. The first kappa shape index (κ1) is 28.1. The van der Waals surface area contributed by atoms with Crippen molar-refractivity contribution in [1.82, 2.24) is 0 Å². The Morgan fingerprint density at radius 1 is 0.722 bits per heavy atom. The molecule has 2 aliphatic heterocycles. The third kappa shape index (κ3) is 8.92. The molecule has 0 aromatic rings. The standard InChI is InChI=1S/C22H28N2O12/c1-11-15(33-19(25)26)9-17(13(3)23-11)35-21(29)31-7-5-6-8-32-22(30)36-18-10-16(34-20(27)28)12(2)24-14(18)4/h17-18H,5-10H2,1-4H3,(H,25,26)(H,27,28). The van der Waals surface area contributed by atoms with Crippen LogP contribution in [-0.2, 0) is 28.4 Å². The summed E-state index contributed by atoms with van der Waals surface area (Å²) in [4.78, 5) is 53.6. The van der Waals surface area contributed by atoms with Gasteiger partial charge in [0.1, 0.15) is 11.5 Å². The molecular weight excluding hydrogens is 484 g/mol. The van der Waals surface area contributed by atoms with Gasteiger partial charge in [0.05, 0.1) is 48.9 Å². The molecule has 0 amide bonds. The van der Waals surface area contributed by atoms with Crippen molar-refractivity contribution in [2.75, 3.05) is 13.2 Å². The smallest absolute Gasteiger partial charge is 0.449 e. The molecule has 36 heavy (non-hydrogen) atoms. The zero-order valence-electron chi connectivity index (χ0n) is 20.3. The molecule has 2 N–H and O–H groups in total. The van der Waals surface area contributed by atoms with E-state index in [1.54, 1.807) is 27.7 Å². The minimum absolute atomic E-state index is 0.0121. The van der Waals surface area contributed by atoms with E-state index in [4.69, 9.17) is 29.2 Å². The van der Waals surface area contributed by atoms with Crippen molar-refractivity contribution in [1.29, 1.82) is 0 Å². The van der Waals surface area contributed by atoms with E-state index in [1.165, 1.54) is 0 Å². The highest BCUT2D eigenvalue weighted by Gasteiger charge is 2.28. The number of hydrogen-bond acceptors (Lipinski definition) is 12. The second kappa shape index (κ2) is 13.1. The molecule has 0 fully saturated rings. The largest absolute Gasteiger partial charge is 0.511 e. The van der Waals surface area contributed by atoms with Gasteiger partial charge < -0.3 is 38.6 Å². The van der Waals surface area contributed by atoms with Gasteiger partial charge in [-0.15, -0.1) is 0 Å². The van der Waals surface area contributed by atoms with Crippen molar-refractivity contribution in [3.63, 3.8) is 0 Å². The zero-order chi connectivity index (χ0) is 26.8. The fraction of sp³-hybridized carbons (Fsp3) is 0.545. The van der Waals surface area contributed by atoms with Gasteiger partial charge in [0.15, 0.2) is 12.2 Å². The summed E-state index contributed by atoms with van der Waals surface area (Å²) in [7, 11) is 0. The first-order valence-corrected chi connectivity index (χ1v) is 10.9. The van der Waals surface area contributed by atoms with Gasteiger partial charge in [-0.25, -0.2) is 19.2 Å². The monoisotopic (exact) mass is 512 g/mol. The minimum atomic E-state index is -1.49. The Labute approximate surface area is 206 Å². The van der Waals surface area contributed by atoms with Crippen LogP contribution in [0.1, 0.15) is 53.4 Å². The van der Waals surface area contributed by atoms with Gasteiger partial charge in [0.25, 0.3) is 0 Å². The summed E-state index contributed by atoms with van der Waals surface area (Å²) in [5, 5.41) is 17.5. The van der Waals surface area contributed by atoms with Gasteiger partial charge in [-0.05, 0) is 40.5 Å². The van der Waals surface area contributed by atoms with Gasteiger partial charge in [0, 0.05) is 0 Å². The third-order valence-electron chi connectivity index (χ3n) is 5.05. The highest BCUT2D eigenvalue weighted by atomic mass is 16.7. The van der Waals surface area contributed by atoms with Crippen LogP contribution in [-0.4, -0.2) is 71.7 Å². The van der Waals surface area contributed by atoms with Gasteiger partial charge in [-0.3, -0.25) is 9.98 Å². The number of carbonyl (C=O) groups excluding carboxylic acids is 2. The molecular formula is C22H28N2O12. The maximum atomic E-state index is 11.9. The number of allylic oxidation sites excluding steroid dienone is 2. The van der Waals surface area contributed by atoms with Crippen molar-refractivity contribution in [3.05, 3.63) is 22.9 Å². The molecule has 0 radical (unpaired) electrons. The minimum Gasteiger partial charge on any atom is -0.449 e. The topological polar surface area (TPSA) is 189 Å². The molecule has 2 unspecified atom stereocenters. The van der Waals surface area contributed by atoms with Gasteiger partial charge in [-0.1, -0.05) is 0 Å². The van der Waals surface area contributed by atoms with Crippen molar-refractivity contribution in [2.24, 2.45) is 9.98 Å². The van der Waals surface area contributed by atoms with Crippen LogP contribution in [0.15, 0.2) is 32.9 Å². The van der Waals surface area contributed by atoms with Crippen molar-refractivity contribution >= 4 is 36.0 Å².